The number of nitrogen functional groups attached to an aromatic ring is 1. The van der Waals surface area contributed by atoms with Crippen molar-refractivity contribution in [2.24, 2.45) is 0 Å². The Morgan fingerprint density at radius 2 is 2.15 bits per heavy atom. The molecule has 0 spiro atoms. The van der Waals surface area contributed by atoms with E-state index >= 15 is 0 Å². The van der Waals surface area contributed by atoms with Crippen LogP contribution in [0, 0.1) is 0 Å². The molecule has 108 valence electrons. The molecule has 0 aromatic carbocycles. The van der Waals surface area contributed by atoms with E-state index in [-0.39, 0.29) is 12.4 Å². The monoisotopic (exact) mass is 281 g/mol. The molecule has 1 saturated heterocycles. The van der Waals surface area contributed by atoms with Gasteiger partial charge in [-0.25, -0.2) is 15.0 Å². The number of methoxy groups -OCH3 is 1. The number of ether oxygens (including phenoxy) is 2. The van der Waals surface area contributed by atoms with Crippen molar-refractivity contribution in [1.82, 2.24) is 19.5 Å². The standard InChI is InChI=1S/C11H15N5O4/c1-19-2-5-7(17)8(18)11(20-5)16-4-15-6-9(12)13-3-14-10(6)16/h3-5,7-8,11,17-18H,2H2,1H3,(H2,12,13,14)/t5-,7-,8-,11-/m1/s1. The lowest BCUT2D eigenvalue weighted by atomic mass is 10.1. The van der Waals surface area contributed by atoms with Crippen LogP contribution in [0.5, 0.6) is 0 Å². The van der Waals surface area contributed by atoms with Gasteiger partial charge in [-0.05, 0) is 0 Å². The molecule has 0 radical (unpaired) electrons. The zero-order valence-corrected chi connectivity index (χ0v) is 10.7. The van der Waals surface area contributed by atoms with Crippen LogP contribution < -0.4 is 5.73 Å². The summed E-state index contributed by atoms with van der Waals surface area (Å²) in [5, 5.41) is 20.0. The van der Waals surface area contributed by atoms with Crippen molar-refractivity contribution in [2.45, 2.75) is 24.5 Å². The summed E-state index contributed by atoms with van der Waals surface area (Å²) in [5.74, 6) is 0.246. The van der Waals surface area contributed by atoms with Crippen molar-refractivity contribution in [1.29, 1.82) is 0 Å². The molecule has 3 rings (SSSR count). The summed E-state index contributed by atoms with van der Waals surface area (Å²) in [7, 11) is 1.50. The van der Waals surface area contributed by atoms with Crippen LogP contribution in [-0.2, 0) is 9.47 Å². The van der Waals surface area contributed by atoms with Crippen LogP contribution in [0.15, 0.2) is 12.7 Å². The molecule has 0 amide bonds. The number of rotatable bonds is 3. The number of hydrogen-bond acceptors (Lipinski definition) is 8. The van der Waals surface area contributed by atoms with Crippen molar-refractivity contribution < 1.29 is 19.7 Å². The largest absolute Gasteiger partial charge is 0.387 e. The minimum Gasteiger partial charge on any atom is -0.387 e. The molecule has 2 aromatic rings. The quantitative estimate of drug-likeness (QED) is 0.631. The first-order valence-corrected chi connectivity index (χ1v) is 6.07. The fourth-order valence-corrected chi connectivity index (χ4v) is 2.32. The molecule has 4 N–H and O–H groups in total. The van der Waals surface area contributed by atoms with Gasteiger partial charge in [0.05, 0.1) is 12.9 Å². The van der Waals surface area contributed by atoms with Gasteiger partial charge in [-0.15, -0.1) is 0 Å². The summed E-state index contributed by atoms with van der Waals surface area (Å²) in [5.41, 5.74) is 6.57. The van der Waals surface area contributed by atoms with E-state index in [1.54, 1.807) is 0 Å². The molecular weight excluding hydrogens is 266 g/mol. The number of hydrogen-bond donors (Lipinski definition) is 3. The van der Waals surface area contributed by atoms with E-state index in [0.717, 1.165) is 0 Å². The molecule has 2 aromatic heterocycles. The van der Waals surface area contributed by atoms with Gasteiger partial charge in [-0.2, -0.15) is 0 Å². The molecule has 0 bridgehead atoms. The van der Waals surface area contributed by atoms with Gasteiger partial charge >= 0.3 is 0 Å². The van der Waals surface area contributed by atoms with E-state index in [1.165, 1.54) is 24.3 Å². The molecule has 1 aliphatic heterocycles. The summed E-state index contributed by atoms with van der Waals surface area (Å²) in [6.45, 7) is 0.179. The van der Waals surface area contributed by atoms with Gasteiger partial charge in [0, 0.05) is 7.11 Å². The zero-order valence-electron chi connectivity index (χ0n) is 10.7. The van der Waals surface area contributed by atoms with Gasteiger partial charge in [0.1, 0.15) is 30.2 Å². The molecule has 20 heavy (non-hydrogen) atoms. The molecular formula is C11H15N5O4. The highest BCUT2D eigenvalue weighted by Crippen LogP contribution is 2.31. The van der Waals surface area contributed by atoms with Gasteiger partial charge in [0.15, 0.2) is 17.7 Å². The smallest absolute Gasteiger partial charge is 0.167 e. The predicted molar refractivity (Wildman–Crippen MR) is 67.5 cm³/mol. The Hall–Kier alpha value is -1.81. The van der Waals surface area contributed by atoms with E-state index in [9.17, 15) is 10.2 Å². The topological polar surface area (TPSA) is 129 Å². The molecule has 0 aliphatic carbocycles. The number of aromatic nitrogens is 4. The van der Waals surface area contributed by atoms with Crippen LogP contribution >= 0.6 is 0 Å². The molecule has 3 heterocycles. The van der Waals surface area contributed by atoms with Crippen LogP contribution in [0.3, 0.4) is 0 Å². The average Bonchev–Trinajstić information content (AvgIpc) is 2.97. The highest BCUT2D eigenvalue weighted by Gasteiger charge is 2.44. The second kappa shape index (κ2) is 4.94. The molecule has 0 saturated carbocycles. The van der Waals surface area contributed by atoms with E-state index in [4.69, 9.17) is 15.2 Å². The van der Waals surface area contributed by atoms with Crippen LogP contribution in [0.25, 0.3) is 11.2 Å². The first-order chi connectivity index (χ1) is 9.63. The van der Waals surface area contributed by atoms with Crippen LogP contribution in [0.4, 0.5) is 5.82 Å². The summed E-state index contributed by atoms with van der Waals surface area (Å²) < 4.78 is 12.1. The van der Waals surface area contributed by atoms with E-state index in [2.05, 4.69) is 15.0 Å². The van der Waals surface area contributed by atoms with Crippen LogP contribution in [-0.4, -0.2) is 61.8 Å². The van der Waals surface area contributed by atoms with Gasteiger partial charge < -0.3 is 25.4 Å². The Balaban J connectivity index is 1.97. The lowest BCUT2D eigenvalue weighted by Crippen LogP contribution is -2.33. The minimum absolute atomic E-state index is 0.179. The Kier molecular flexibility index (Phi) is 3.26. The summed E-state index contributed by atoms with van der Waals surface area (Å²) in [6.07, 6.45) is -0.812. The third kappa shape index (κ3) is 1.91. The number of aliphatic hydroxyl groups excluding tert-OH is 2. The maximum atomic E-state index is 10.1. The van der Waals surface area contributed by atoms with Crippen molar-refractivity contribution in [3.8, 4) is 0 Å². The Bertz CT molecular complexity index is 618. The second-order valence-electron chi connectivity index (χ2n) is 4.58. The summed E-state index contributed by atoms with van der Waals surface area (Å²) >= 11 is 0. The van der Waals surface area contributed by atoms with Crippen molar-refractivity contribution in [3.63, 3.8) is 0 Å². The molecule has 1 aliphatic rings. The van der Waals surface area contributed by atoms with E-state index in [0.29, 0.717) is 11.2 Å². The Morgan fingerprint density at radius 1 is 1.35 bits per heavy atom. The molecule has 9 nitrogen and oxygen atoms in total. The molecule has 1 fully saturated rings. The fourth-order valence-electron chi connectivity index (χ4n) is 2.32. The maximum Gasteiger partial charge on any atom is 0.167 e. The van der Waals surface area contributed by atoms with E-state index < -0.39 is 24.5 Å². The number of anilines is 1. The SMILES string of the molecule is COC[C@H]1O[C@@H](n2cnc3c(N)ncnc32)[C@H](O)[C@@H]1O. The minimum atomic E-state index is -1.11. The number of aliphatic hydroxyl groups is 2. The van der Waals surface area contributed by atoms with Gasteiger partial charge in [0.25, 0.3) is 0 Å². The molecule has 0 unspecified atom stereocenters. The normalized spacial score (nSPS) is 30.1. The second-order valence-corrected chi connectivity index (χ2v) is 4.58. The number of nitrogens with two attached hydrogens (primary N) is 1. The van der Waals surface area contributed by atoms with Gasteiger partial charge in [0.2, 0.25) is 0 Å². The number of imidazole rings is 1. The third-order valence-corrected chi connectivity index (χ3v) is 3.33. The van der Waals surface area contributed by atoms with Gasteiger partial charge in [-0.3, -0.25) is 4.57 Å². The van der Waals surface area contributed by atoms with Crippen molar-refractivity contribution in [3.05, 3.63) is 12.7 Å². The van der Waals surface area contributed by atoms with Crippen molar-refractivity contribution >= 4 is 17.0 Å². The zero-order chi connectivity index (χ0) is 14.3. The molecule has 9 heteroatoms. The Morgan fingerprint density at radius 3 is 2.90 bits per heavy atom. The lowest BCUT2D eigenvalue weighted by molar-refractivity contribution is -0.0580. The van der Waals surface area contributed by atoms with Gasteiger partial charge in [-0.1, -0.05) is 0 Å². The van der Waals surface area contributed by atoms with Crippen LogP contribution in [0.1, 0.15) is 6.23 Å². The Labute approximate surface area is 114 Å². The predicted octanol–water partition coefficient (Wildman–Crippen LogP) is -1.33. The first kappa shape index (κ1) is 13.2. The van der Waals surface area contributed by atoms with Crippen molar-refractivity contribution in [2.75, 3.05) is 19.5 Å². The lowest BCUT2D eigenvalue weighted by Gasteiger charge is -2.16. The maximum absolute atomic E-state index is 10.1. The highest BCUT2D eigenvalue weighted by molar-refractivity contribution is 5.81. The van der Waals surface area contributed by atoms with Crippen LogP contribution in [0.2, 0.25) is 0 Å². The average molecular weight is 281 g/mol. The number of nitrogens with zero attached hydrogens (tertiary/aromatic N) is 4. The third-order valence-electron chi connectivity index (χ3n) is 3.33. The fraction of sp³-hybridized carbons (Fsp3) is 0.545. The number of fused-ring (bicyclic) bond motifs is 1. The summed E-state index contributed by atoms with van der Waals surface area (Å²) in [4.78, 5) is 12.0. The van der Waals surface area contributed by atoms with E-state index in [1.807, 2.05) is 0 Å². The molecule has 4 atom stereocenters. The summed E-state index contributed by atoms with van der Waals surface area (Å²) in [6, 6.07) is 0. The highest BCUT2D eigenvalue weighted by atomic mass is 16.6. The first-order valence-electron chi connectivity index (χ1n) is 6.07.